The first-order chi connectivity index (χ1) is 15.5. The molecule has 0 saturated heterocycles. The number of rotatable bonds is 7. The van der Waals surface area contributed by atoms with Gasteiger partial charge in [-0.25, -0.2) is 8.42 Å². The number of benzene rings is 4. The van der Waals surface area contributed by atoms with Crippen LogP contribution in [0.4, 0.5) is 5.69 Å². The van der Waals surface area contributed by atoms with E-state index in [4.69, 9.17) is 0 Å². The molecule has 4 aromatic carbocycles. The molecule has 0 aromatic heterocycles. The van der Waals surface area contributed by atoms with Crippen LogP contribution in [0, 0.1) is 0 Å². The van der Waals surface area contributed by atoms with Crippen molar-refractivity contribution in [3.05, 3.63) is 126 Å². The number of hydrogen-bond acceptors (Lipinski definition) is 3. The van der Waals surface area contributed by atoms with Crippen molar-refractivity contribution in [3.63, 3.8) is 0 Å². The summed E-state index contributed by atoms with van der Waals surface area (Å²) >= 11 is 0. The van der Waals surface area contributed by atoms with Crippen molar-refractivity contribution in [2.45, 2.75) is 11.5 Å². The Labute approximate surface area is 188 Å². The predicted octanol–water partition coefficient (Wildman–Crippen LogP) is 5.72. The summed E-state index contributed by atoms with van der Waals surface area (Å²) in [5.74, 6) is -0.352. The minimum absolute atomic E-state index is 0.0190. The molecule has 0 spiro atoms. The number of sulfone groups is 1. The monoisotopic (exact) mass is 441 g/mol. The van der Waals surface area contributed by atoms with Crippen molar-refractivity contribution in [3.8, 4) is 11.1 Å². The van der Waals surface area contributed by atoms with Gasteiger partial charge in [0.05, 0.1) is 11.5 Å². The van der Waals surface area contributed by atoms with E-state index in [1.54, 1.807) is 42.5 Å². The van der Waals surface area contributed by atoms with Crippen LogP contribution in [0.15, 0.2) is 109 Å². The van der Waals surface area contributed by atoms with Gasteiger partial charge >= 0.3 is 0 Å². The van der Waals surface area contributed by atoms with E-state index in [2.05, 4.69) is 5.32 Å². The van der Waals surface area contributed by atoms with Crippen molar-refractivity contribution in [2.24, 2.45) is 0 Å². The molecule has 0 heterocycles. The molecule has 0 saturated carbocycles. The first-order valence-electron chi connectivity index (χ1n) is 10.3. The number of hydrogen-bond donors (Lipinski definition) is 1. The van der Waals surface area contributed by atoms with E-state index in [1.807, 2.05) is 66.7 Å². The minimum atomic E-state index is -3.34. The minimum Gasteiger partial charge on any atom is -0.322 e. The summed E-state index contributed by atoms with van der Waals surface area (Å²) in [6.45, 7) is 0. The summed E-state index contributed by atoms with van der Waals surface area (Å²) in [5, 5.41) is 2.91. The molecule has 1 amide bonds. The summed E-state index contributed by atoms with van der Waals surface area (Å²) in [6.07, 6.45) is 0. The van der Waals surface area contributed by atoms with Crippen LogP contribution in [0.5, 0.6) is 0 Å². The normalized spacial score (nSPS) is 11.1. The first-order valence-corrected chi connectivity index (χ1v) is 12.1. The zero-order valence-electron chi connectivity index (χ0n) is 17.4. The highest BCUT2D eigenvalue weighted by atomic mass is 32.2. The van der Waals surface area contributed by atoms with Crippen molar-refractivity contribution in [2.75, 3.05) is 5.32 Å². The van der Waals surface area contributed by atoms with Gasteiger partial charge in [0.15, 0.2) is 9.84 Å². The fraction of sp³-hybridized carbons (Fsp3) is 0.0741. The Morgan fingerprint density at radius 3 is 2.00 bits per heavy atom. The van der Waals surface area contributed by atoms with E-state index in [9.17, 15) is 13.2 Å². The van der Waals surface area contributed by atoms with E-state index in [0.717, 1.165) is 16.7 Å². The molecule has 0 radical (unpaired) electrons. The maximum Gasteiger partial charge on any atom is 0.256 e. The van der Waals surface area contributed by atoms with Crippen molar-refractivity contribution >= 4 is 21.4 Å². The fourth-order valence-corrected chi connectivity index (χ4v) is 5.11. The molecule has 0 aliphatic carbocycles. The topological polar surface area (TPSA) is 63.2 Å². The highest BCUT2D eigenvalue weighted by Gasteiger charge is 2.15. The van der Waals surface area contributed by atoms with E-state index >= 15 is 0 Å². The van der Waals surface area contributed by atoms with Gasteiger partial charge in [-0.05, 0) is 40.5 Å². The van der Waals surface area contributed by atoms with Gasteiger partial charge in [0.1, 0.15) is 0 Å². The van der Waals surface area contributed by atoms with Crippen LogP contribution in [-0.2, 0) is 21.3 Å². The van der Waals surface area contributed by atoms with Crippen LogP contribution in [0.3, 0.4) is 0 Å². The molecule has 160 valence electrons. The molecule has 0 aliphatic rings. The van der Waals surface area contributed by atoms with Crippen LogP contribution in [-0.4, -0.2) is 14.3 Å². The second-order valence-corrected chi connectivity index (χ2v) is 9.65. The number of amides is 1. The standard InChI is InChI=1S/C27H23NO3S/c29-27(26-17-8-7-16-25(26)23-13-5-2-6-14-23)28-24-15-9-12-22(18-24)20-32(30,31)19-21-10-3-1-4-11-21/h1-18H,19-20H2,(H,28,29). The van der Waals surface area contributed by atoms with E-state index in [1.165, 1.54) is 0 Å². The Hall–Kier alpha value is -3.70. The predicted molar refractivity (Wildman–Crippen MR) is 129 cm³/mol. The molecular weight excluding hydrogens is 418 g/mol. The number of anilines is 1. The summed E-state index contributed by atoms with van der Waals surface area (Å²) in [6, 6.07) is 33.3. The van der Waals surface area contributed by atoms with Gasteiger partial charge in [-0.3, -0.25) is 4.79 Å². The number of nitrogens with one attached hydrogen (secondary N) is 1. The van der Waals surface area contributed by atoms with E-state index in [0.29, 0.717) is 16.8 Å². The molecule has 4 nitrogen and oxygen atoms in total. The second-order valence-electron chi connectivity index (χ2n) is 7.58. The highest BCUT2D eigenvalue weighted by Crippen LogP contribution is 2.25. The molecule has 4 rings (SSSR count). The second kappa shape index (κ2) is 9.62. The molecule has 0 unspecified atom stereocenters. The first kappa shape index (κ1) is 21.5. The lowest BCUT2D eigenvalue weighted by molar-refractivity contribution is 0.102. The van der Waals surface area contributed by atoms with Gasteiger partial charge in [0.25, 0.3) is 5.91 Å². The maximum absolute atomic E-state index is 13.0. The quantitative estimate of drug-likeness (QED) is 0.399. The lowest BCUT2D eigenvalue weighted by Gasteiger charge is -2.12. The largest absolute Gasteiger partial charge is 0.322 e. The third-order valence-electron chi connectivity index (χ3n) is 5.06. The van der Waals surface area contributed by atoms with Crippen LogP contribution in [0.1, 0.15) is 21.5 Å². The lowest BCUT2D eigenvalue weighted by atomic mass is 9.99. The molecule has 1 N–H and O–H groups in total. The van der Waals surface area contributed by atoms with Gasteiger partial charge < -0.3 is 5.32 Å². The zero-order valence-corrected chi connectivity index (χ0v) is 18.3. The van der Waals surface area contributed by atoms with Crippen LogP contribution in [0.25, 0.3) is 11.1 Å². The van der Waals surface area contributed by atoms with Gasteiger partial charge in [-0.15, -0.1) is 0 Å². The smallest absolute Gasteiger partial charge is 0.256 e. The Kier molecular flexibility index (Phi) is 6.47. The van der Waals surface area contributed by atoms with E-state index in [-0.39, 0.29) is 17.4 Å². The molecular formula is C27H23NO3S. The third kappa shape index (κ3) is 5.50. The van der Waals surface area contributed by atoms with Gasteiger partial charge in [-0.1, -0.05) is 91.0 Å². The maximum atomic E-state index is 13.0. The Balaban J connectivity index is 1.51. The molecule has 0 fully saturated rings. The fourth-order valence-electron chi connectivity index (χ4n) is 3.62. The van der Waals surface area contributed by atoms with Gasteiger partial charge in [0, 0.05) is 11.3 Å². The molecule has 5 heteroatoms. The summed E-state index contributed by atoms with van der Waals surface area (Å²) in [5.41, 5.74) is 4.31. The SMILES string of the molecule is O=C(Nc1cccc(CS(=O)(=O)Cc2ccccc2)c1)c1ccccc1-c1ccccc1. The molecule has 0 aliphatic heterocycles. The Morgan fingerprint density at radius 1 is 0.656 bits per heavy atom. The Morgan fingerprint density at radius 2 is 1.25 bits per heavy atom. The molecule has 0 bridgehead atoms. The number of carbonyl (C=O) groups excluding carboxylic acids is 1. The van der Waals surface area contributed by atoms with E-state index < -0.39 is 9.84 Å². The van der Waals surface area contributed by atoms with Gasteiger partial charge in [0.2, 0.25) is 0 Å². The Bertz CT molecular complexity index is 1320. The number of carbonyl (C=O) groups is 1. The van der Waals surface area contributed by atoms with Crippen LogP contribution >= 0.6 is 0 Å². The summed E-state index contributed by atoms with van der Waals surface area (Å²) < 4.78 is 25.3. The van der Waals surface area contributed by atoms with Crippen molar-refractivity contribution in [1.29, 1.82) is 0 Å². The summed E-state index contributed by atoms with van der Waals surface area (Å²) in [4.78, 5) is 13.0. The lowest BCUT2D eigenvalue weighted by Crippen LogP contribution is -2.13. The average Bonchev–Trinajstić information content (AvgIpc) is 2.80. The van der Waals surface area contributed by atoms with Crippen molar-refractivity contribution < 1.29 is 13.2 Å². The molecule has 32 heavy (non-hydrogen) atoms. The summed E-state index contributed by atoms with van der Waals surface area (Å²) in [7, 11) is -3.34. The molecule has 0 atom stereocenters. The van der Waals surface area contributed by atoms with Crippen LogP contribution < -0.4 is 5.32 Å². The van der Waals surface area contributed by atoms with Gasteiger partial charge in [-0.2, -0.15) is 0 Å². The zero-order chi connectivity index (χ0) is 22.4. The van der Waals surface area contributed by atoms with Crippen molar-refractivity contribution in [1.82, 2.24) is 0 Å². The van der Waals surface area contributed by atoms with Crippen LogP contribution in [0.2, 0.25) is 0 Å². The molecule has 4 aromatic rings. The average molecular weight is 442 g/mol. The third-order valence-corrected chi connectivity index (χ3v) is 6.60. The highest BCUT2D eigenvalue weighted by molar-refractivity contribution is 7.89.